The minimum Gasteiger partial charge on any atom is -0.467 e. The van der Waals surface area contributed by atoms with Crippen molar-refractivity contribution in [3.63, 3.8) is 0 Å². The van der Waals surface area contributed by atoms with Crippen molar-refractivity contribution >= 4 is 20.4 Å². The fourth-order valence-corrected chi connectivity index (χ4v) is 4.17. The van der Waals surface area contributed by atoms with E-state index in [1.807, 2.05) is 20.8 Å². The number of aliphatic hydroxyl groups is 1. The molecule has 1 aliphatic heterocycles. The van der Waals surface area contributed by atoms with Gasteiger partial charge in [-0.25, -0.2) is 9.59 Å². The summed E-state index contributed by atoms with van der Waals surface area (Å²) in [5.74, 6) is -0.701. The first-order chi connectivity index (χ1) is 12.1. The first-order valence-corrected chi connectivity index (χ1v) is 12.4. The molecule has 1 rings (SSSR count). The summed E-state index contributed by atoms with van der Waals surface area (Å²) in [6, 6.07) is -0.344. The molecule has 0 aromatic rings. The van der Waals surface area contributed by atoms with E-state index in [1.165, 1.54) is 7.11 Å². The number of ether oxygens (including phenoxy) is 2. The zero-order chi connectivity index (χ0) is 21.2. The maximum atomic E-state index is 12.7. The average Bonchev–Trinajstić information content (AvgIpc) is 2.85. The number of carbonyl (C=O) groups is 2. The lowest BCUT2D eigenvalue weighted by atomic mass is 10.1. The van der Waals surface area contributed by atoms with Crippen LogP contribution in [0.2, 0.25) is 18.1 Å². The van der Waals surface area contributed by atoms with E-state index in [9.17, 15) is 14.7 Å². The van der Waals surface area contributed by atoms with Gasteiger partial charge in [0.15, 0.2) is 14.4 Å². The van der Waals surface area contributed by atoms with E-state index in [0.717, 1.165) is 0 Å². The van der Waals surface area contributed by atoms with Gasteiger partial charge in [-0.15, -0.1) is 0 Å². The Morgan fingerprint density at radius 2 is 1.74 bits per heavy atom. The topological polar surface area (TPSA) is 85.3 Å². The van der Waals surface area contributed by atoms with Crippen molar-refractivity contribution in [1.29, 1.82) is 0 Å². The number of likely N-dealkylation sites (tertiary alicyclic amines) is 1. The van der Waals surface area contributed by atoms with Gasteiger partial charge < -0.3 is 23.9 Å². The number of esters is 1. The first kappa shape index (κ1) is 23.9. The van der Waals surface area contributed by atoms with Gasteiger partial charge >= 0.3 is 12.1 Å². The van der Waals surface area contributed by atoms with Gasteiger partial charge in [-0.1, -0.05) is 20.8 Å². The molecule has 7 nitrogen and oxygen atoms in total. The number of nitrogens with zero attached hydrogens (tertiary/aromatic N) is 1. The van der Waals surface area contributed by atoms with E-state index < -0.39 is 32.1 Å². The number of rotatable bonds is 5. The Balaban J connectivity index is 2.95. The second-order valence-electron chi connectivity index (χ2n) is 9.80. The zero-order valence-electron chi connectivity index (χ0n) is 18.3. The predicted octanol–water partition coefficient (Wildman–Crippen LogP) is 3.31. The minimum absolute atomic E-state index is 0.0490. The van der Waals surface area contributed by atoms with Crippen LogP contribution in [0.3, 0.4) is 0 Å². The second kappa shape index (κ2) is 8.49. The molecule has 1 N–H and O–H groups in total. The van der Waals surface area contributed by atoms with Crippen LogP contribution in [0.4, 0.5) is 4.79 Å². The molecule has 1 heterocycles. The molecule has 8 heteroatoms. The van der Waals surface area contributed by atoms with Crippen molar-refractivity contribution in [2.24, 2.45) is 0 Å². The molecule has 0 bridgehead atoms. The molecular weight excluding hydrogens is 366 g/mol. The molecule has 1 aliphatic rings. The summed E-state index contributed by atoms with van der Waals surface area (Å²) in [6.45, 7) is 16.6. The van der Waals surface area contributed by atoms with E-state index in [-0.39, 0.29) is 23.6 Å². The van der Waals surface area contributed by atoms with Crippen LogP contribution in [-0.2, 0) is 18.7 Å². The molecule has 1 saturated heterocycles. The molecule has 0 aromatic carbocycles. The molecule has 0 radical (unpaired) electrons. The number of hydrogen-bond acceptors (Lipinski definition) is 6. The summed E-state index contributed by atoms with van der Waals surface area (Å²) in [5, 5.41) is 10.1. The van der Waals surface area contributed by atoms with Gasteiger partial charge in [0.25, 0.3) is 0 Å². The van der Waals surface area contributed by atoms with Crippen molar-refractivity contribution < 1.29 is 28.6 Å². The maximum absolute atomic E-state index is 12.7. The number of aliphatic hydroxyl groups excluding tert-OH is 1. The van der Waals surface area contributed by atoms with Gasteiger partial charge in [0, 0.05) is 19.0 Å². The first-order valence-electron chi connectivity index (χ1n) is 9.50. The Bertz CT molecular complexity index is 537. The van der Waals surface area contributed by atoms with Crippen LogP contribution < -0.4 is 0 Å². The van der Waals surface area contributed by atoms with Gasteiger partial charge in [0.2, 0.25) is 0 Å². The maximum Gasteiger partial charge on any atom is 0.410 e. The van der Waals surface area contributed by atoms with E-state index in [1.54, 1.807) is 4.90 Å². The van der Waals surface area contributed by atoms with Crippen LogP contribution in [0.15, 0.2) is 0 Å². The highest BCUT2D eigenvalue weighted by Crippen LogP contribution is 2.39. The van der Waals surface area contributed by atoms with Crippen molar-refractivity contribution in [2.75, 3.05) is 13.7 Å². The Kier molecular flexibility index (Phi) is 7.52. The Morgan fingerprint density at radius 3 is 2.19 bits per heavy atom. The number of hydrogen-bond donors (Lipinski definition) is 1. The summed E-state index contributed by atoms with van der Waals surface area (Å²) in [7, 11) is -0.781. The zero-order valence-corrected chi connectivity index (χ0v) is 19.3. The van der Waals surface area contributed by atoms with E-state index >= 15 is 0 Å². The van der Waals surface area contributed by atoms with Crippen molar-refractivity contribution in [2.45, 2.75) is 96.4 Å². The van der Waals surface area contributed by atoms with E-state index in [0.29, 0.717) is 13.0 Å². The van der Waals surface area contributed by atoms with Crippen LogP contribution in [0.5, 0.6) is 0 Å². The Labute approximate surface area is 164 Å². The summed E-state index contributed by atoms with van der Waals surface area (Å²) >= 11 is 0. The molecule has 0 spiro atoms. The second-order valence-corrected chi connectivity index (χ2v) is 14.6. The number of methoxy groups -OCH3 is 1. The third-order valence-corrected chi connectivity index (χ3v) is 9.78. The van der Waals surface area contributed by atoms with Gasteiger partial charge in [-0.05, 0) is 45.3 Å². The molecule has 0 aliphatic carbocycles. The fraction of sp³-hybridized carbons (Fsp3) is 0.895. The lowest BCUT2D eigenvalue weighted by Gasteiger charge is -2.38. The lowest BCUT2D eigenvalue weighted by Crippen LogP contribution is -2.45. The predicted molar refractivity (Wildman–Crippen MR) is 106 cm³/mol. The number of carbonyl (C=O) groups excluding carboxylic acids is 2. The molecule has 158 valence electrons. The van der Waals surface area contributed by atoms with E-state index in [4.69, 9.17) is 9.16 Å². The lowest BCUT2D eigenvalue weighted by molar-refractivity contribution is -0.151. The molecule has 1 fully saturated rings. The quantitative estimate of drug-likeness (QED) is 0.560. The van der Waals surface area contributed by atoms with Gasteiger partial charge in [-0.2, -0.15) is 0 Å². The highest BCUT2D eigenvalue weighted by Gasteiger charge is 2.45. The molecule has 1 amide bonds. The third-order valence-electron chi connectivity index (χ3n) is 5.24. The summed E-state index contributed by atoms with van der Waals surface area (Å²) in [5.41, 5.74) is -0.624. The average molecular weight is 404 g/mol. The van der Waals surface area contributed by atoms with Crippen LogP contribution in [0.1, 0.15) is 54.4 Å². The van der Waals surface area contributed by atoms with Gasteiger partial charge in [0.05, 0.1) is 13.2 Å². The molecule has 0 saturated carbocycles. The Hall–Kier alpha value is -1.12. The summed E-state index contributed by atoms with van der Waals surface area (Å²) < 4.78 is 16.6. The van der Waals surface area contributed by atoms with Crippen molar-refractivity contribution in [3.8, 4) is 0 Å². The normalized spacial score (nSPS) is 22.5. The Morgan fingerprint density at radius 1 is 1.19 bits per heavy atom. The SMILES string of the molecule is COC(=O)C(O)C[C@H]1C[C@@H](O[Si](C)(C)C(C)(C)C)CN1C(=O)OC(C)(C)C. The fourth-order valence-electron chi connectivity index (χ4n) is 2.81. The van der Waals surface area contributed by atoms with Gasteiger partial charge in [-0.3, -0.25) is 0 Å². The van der Waals surface area contributed by atoms with Crippen LogP contribution in [-0.4, -0.2) is 67.9 Å². The molecule has 27 heavy (non-hydrogen) atoms. The highest BCUT2D eigenvalue weighted by atomic mass is 28.4. The largest absolute Gasteiger partial charge is 0.467 e. The monoisotopic (exact) mass is 403 g/mol. The molecule has 1 unspecified atom stereocenters. The smallest absolute Gasteiger partial charge is 0.410 e. The van der Waals surface area contributed by atoms with Crippen molar-refractivity contribution in [3.05, 3.63) is 0 Å². The number of amides is 1. The van der Waals surface area contributed by atoms with Gasteiger partial charge in [0.1, 0.15) is 5.60 Å². The van der Waals surface area contributed by atoms with Crippen molar-refractivity contribution in [1.82, 2.24) is 4.90 Å². The summed E-state index contributed by atoms with van der Waals surface area (Å²) in [6.07, 6.45) is -1.22. The molecular formula is C19H37NO6Si. The standard InChI is InChI=1S/C19H37NO6Si/c1-18(2,3)25-17(23)20-12-14(26-27(8,9)19(4,5)6)10-13(20)11-15(21)16(22)24-7/h13-15,21H,10-12H2,1-9H3/t13-,14-,15?/m1/s1. The third kappa shape index (κ3) is 6.76. The molecule has 3 atom stereocenters. The van der Waals surface area contributed by atoms with Crippen LogP contribution in [0, 0.1) is 0 Å². The minimum atomic E-state index is -2.01. The molecule has 0 aromatic heterocycles. The van der Waals surface area contributed by atoms with Crippen LogP contribution in [0.25, 0.3) is 0 Å². The van der Waals surface area contributed by atoms with Crippen LogP contribution >= 0.6 is 0 Å². The summed E-state index contributed by atoms with van der Waals surface area (Å²) in [4.78, 5) is 25.9. The highest BCUT2D eigenvalue weighted by molar-refractivity contribution is 6.74. The van der Waals surface area contributed by atoms with E-state index in [2.05, 4.69) is 38.6 Å².